The first-order valence-corrected chi connectivity index (χ1v) is 11.3. The molecule has 3 rings (SSSR count). The first-order valence-electron chi connectivity index (χ1n) is 9.80. The van der Waals surface area contributed by atoms with Gasteiger partial charge in [0.05, 0.1) is 17.6 Å². The Morgan fingerprint density at radius 1 is 0.970 bits per heavy atom. The van der Waals surface area contributed by atoms with Crippen molar-refractivity contribution in [1.82, 2.24) is 5.32 Å². The second-order valence-electron chi connectivity index (χ2n) is 7.06. The molecule has 0 aliphatic rings. The fourth-order valence-electron chi connectivity index (χ4n) is 2.97. The monoisotopic (exact) mass is 478 g/mol. The molecule has 2 N–H and O–H groups in total. The van der Waals surface area contributed by atoms with E-state index in [1.807, 2.05) is 24.3 Å². The maximum Gasteiger partial charge on any atom is 0.416 e. The van der Waals surface area contributed by atoms with Gasteiger partial charge in [-0.05, 0) is 66.6 Å². The summed E-state index contributed by atoms with van der Waals surface area (Å²) in [5.74, 6) is 0.360. The molecule has 0 bridgehead atoms. The number of halogens is 3. The molecular weight excluding hydrogens is 457 g/mol. The molecule has 0 saturated heterocycles. The van der Waals surface area contributed by atoms with Crippen molar-refractivity contribution < 1.29 is 31.1 Å². The van der Waals surface area contributed by atoms with Crippen molar-refractivity contribution >= 4 is 21.6 Å². The van der Waals surface area contributed by atoms with E-state index >= 15 is 0 Å². The second kappa shape index (κ2) is 9.95. The number of methoxy groups -OCH3 is 1. The van der Waals surface area contributed by atoms with Gasteiger partial charge in [-0.3, -0.25) is 9.52 Å². The molecule has 0 fully saturated rings. The minimum Gasteiger partial charge on any atom is -0.497 e. The molecule has 3 aromatic rings. The lowest BCUT2D eigenvalue weighted by Gasteiger charge is -2.12. The van der Waals surface area contributed by atoms with Crippen LogP contribution in [0.1, 0.15) is 21.5 Å². The van der Waals surface area contributed by atoms with Crippen LogP contribution in [0.15, 0.2) is 77.7 Å². The minimum atomic E-state index is -4.59. The molecule has 0 aromatic heterocycles. The van der Waals surface area contributed by atoms with Crippen molar-refractivity contribution in [2.75, 3.05) is 18.4 Å². The van der Waals surface area contributed by atoms with Crippen LogP contribution < -0.4 is 14.8 Å². The number of alkyl halides is 3. The second-order valence-corrected chi connectivity index (χ2v) is 8.74. The van der Waals surface area contributed by atoms with E-state index in [1.54, 1.807) is 7.11 Å². The zero-order valence-corrected chi connectivity index (χ0v) is 18.3. The summed E-state index contributed by atoms with van der Waals surface area (Å²) < 4.78 is 70.8. The van der Waals surface area contributed by atoms with Gasteiger partial charge in [-0.25, -0.2) is 8.42 Å². The van der Waals surface area contributed by atoms with Gasteiger partial charge in [0.15, 0.2) is 0 Å². The lowest BCUT2D eigenvalue weighted by Crippen LogP contribution is -2.25. The maximum atomic E-state index is 12.8. The summed E-state index contributed by atoms with van der Waals surface area (Å²) in [5, 5.41) is 2.75. The number of rotatable bonds is 8. The number of ether oxygens (including phenoxy) is 1. The highest BCUT2D eigenvalue weighted by atomic mass is 32.2. The Kier molecular flexibility index (Phi) is 7.27. The van der Waals surface area contributed by atoms with Gasteiger partial charge in [0, 0.05) is 17.8 Å². The highest BCUT2D eigenvalue weighted by Crippen LogP contribution is 2.31. The number of nitrogens with one attached hydrogen (secondary N) is 2. The van der Waals surface area contributed by atoms with E-state index in [2.05, 4.69) is 10.0 Å². The number of carbonyl (C=O) groups is 1. The van der Waals surface area contributed by atoms with E-state index in [-0.39, 0.29) is 22.1 Å². The molecule has 0 aliphatic heterocycles. The van der Waals surface area contributed by atoms with Gasteiger partial charge in [0.1, 0.15) is 5.75 Å². The SMILES string of the molecule is COc1ccc(CCNC(=O)c2ccc(S(=O)(=O)Nc3cccc(C(F)(F)F)c3)cc2)cc1. The van der Waals surface area contributed by atoms with E-state index in [4.69, 9.17) is 4.74 Å². The highest BCUT2D eigenvalue weighted by Gasteiger charge is 2.30. The molecule has 174 valence electrons. The van der Waals surface area contributed by atoms with Crippen molar-refractivity contribution in [3.05, 3.63) is 89.5 Å². The summed E-state index contributed by atoms with van der Waals surface area (Å²) in [6, 6.07) is 16.4. The zero-order valence-electron chi connectivity index (χ0n) is 17.5. The third-order valence-corrected chi connectivity index (χ3v) is 6.12. The van der Waals surface area contributed by atoms with Crippen molar-refractivity contribution in [3.63, 3.8) is 0 Å². The Bertz CT molecular complexity index is 1210. The van der Waals surface area contributed by atoms with Gasteiger partial charge in [-0.1, -0.05) is 18.2 Å². The number of hydrogen-bond acceptors (Lipinski definition) is 4. The quantitative estimate of drug-likeness (QED) is 0.500. The van der Waals surface area contributed by atoms with Gasteiger partial charge >= 0.3 is 6.18 Å². The molecule has 0 spiro atoms. The minimum absolute atomic E-state index is 0.185. The van der Waals surface area contributed by atoms with E-state index in [0.29, 0.717) is 19.0 Å². The largest absolute Gasteiger partial charge is 0.497 e. The first kappa shape index (κ1) is 24.1. The van der Waals surface area contributed by atoms with Gasteiger partial charge < -0.3 is 10.1 Å². The Morgan fingerprint density at radius 3 is 2.24 bits per heavy atom. The van der Waals surface area contributed by atoms with Gasteiger partial charge in [0.25, 0.3) is 15.9 Å². The predicted molar refractivity (Wildman–Crippen MR) is 118 cm³/mol. The molecule has 0 atom stereocenters. The third kappa shape index (κ3) is 6.48. The van der Waals surface area contributed by atoms with Gasteiger partial charge in [0.2, 0.25) is 0 Å². The van der Waals surface area contributed by atoms with Crippen LogP contribution in [0.5, 0.6) is 5.75 Å². The number of carbonyl (C=O) groups excluding carboxylic acids is 1. The molecule has 33 heavy (non-hydrogen) atoms. The topological polar surface area (TPSA) is 84.5 Å². The Balaban J connectivity index is 1.60. The van der Waals surface area contributed by atoms with E-state index < -0.39 is 21.8 Å². The summed E-state index contributed by atoms with van der Waals surface area (Å²) in [4.78, 5) is 12.1. The molecule has 3 aromatic carbocycles. The molecule has 0 radical (unpaired) electrons. The lowest BCUT2D eigenvalue weighted by molar-refractivity contribution is -0.137. The number of amides is 1. The van der Waals surface area contributed by atoms with Crippen LogP contribution in [-0.2, 0) is 22.6 Å². The van der Waals surface area contributed by atoms with Crippen LogP contribution >= 0.6 is 0 Å². The first-order chi connectivity index (χ1) is 15.6. The summed E-state index contributed by atoms with van der Waals surface area (Å²) in [7, 11) is -2.56. The van der Waals surface area contributed by atoms with Crippen molar-refractivity contribution in [1.29, 1.82) is 0 Å². The van der Waals surface area contributed by atoms with Crippen LogP contribution in [-0.4, -0.2) is 28.0 Å². The summed E-state index contributed by atoms with van der Waals surface area (Å²) in [6.07, 6.45) is -3.99. The van der Waals surface area contributed by atoms with E-state index in [0.717, 1.165) is 23.4 Å². The lowest BCUT2D eigenvalue weighted by atomic mass is 10.1. The fourth-order valence-corrected chi connectivity index (χ4v) is 4.02. The van der Waals surface area contributed by atoms with Gasteiger partial charge in [-0.2, -0.15) is 13.2 Å². The highest BCUT2D eigenvalue weighted by molar-refractivity contribution is 7.92. The molecular formula is C23H21F3N2O4S. The molecule has 1 amide bonds. The summed E-state index contributed by atoms with van der Waals surface area (Å²) in [6.45, 7) is 0.377. The fraction of sp³-hybridized carbons (Fsp3) is 0.174. The Labute approximate surface area is 189 Å². The van der Waals surface area contributed by atoms with Crippen LogP contribution in [0.2, 0.25) is 0 Å². The maximum absolute atomic E-state index is 12.8. The van der Waals surface area contributed by atoms with Crippen LogP contribution in [0, 0.1) is 0 Å². The number of hydrogen-bond donors (Lipinski definition) is 2. The van der Waals surface area contributed by atoms with Crippen molar-refractivity contribution in [2.24, 2.45) is 0 Å². The zero-order chi connectivity index (χ0) is 24.1. The normalized spacial score (nSPS) is 11.6. The van der Waals surface area contributed by atoms with Crippen molar-refractivity contribution in [2.45, 2.75) is 17.5 Å². The smallest absolute Gasteiger partial charge is 0.416 e. The van der Waals surface area contributed by atoms with E-state index in [1.165, 1.54) is 30.3 Å². The number of anilines is 1. The summed E-state index contributed by atoms with van der Waals surface area (Å²) >= 11 is 0. The average Bonchev–Trinajstić information content (AvgIpc) is 2.79. The molecule has 6 nitrogen and oxygen atoms in total. The number of benzene rings is 3. The van der Waals surface area contributed by atoms with E-state index in [9.17, 15) is 26.4 Å². The Hall–Kier alpha value is -3.53. The predicted octanol–water partition coefficient (Wildman–Crippen LogP) is 4.49. The standard InChI is InChI=1S/C23H21F3N2O4S/c1-32-20-9-5-16(6-10-20)13-14-27-22(29)17-7-11-21(12-8-17)33(30,31)28-19-4-2-3-18(15-19)23(24,25)26/h2-12,15,28H,13-14H2,1H3,(H,27,29). The van der Waals surface area contributed by atoms with Gasteiger partial charge in [-0.15, -0.1) is 0 Å². The Morgan fingerprint density at radius 2 is 1.64 bits per heavy atom. The molecule has 10 heteroatoms. The molecule has 0 unspecified atom stereocenters. The molecule has 0 heterocycles. The average molecular weight is 478 g/mol. The van der Waals surface area contributed by atoms with Crippen LogP contribution in [0.3, 0.4) is 0 Å². The van der Waals surface area contributed by atoms with Crippen LogP contribution in [0.4, 0.5) is 18.9 Å². The van der Waals surface area contributed by atoms with Crippen LogP contribution in [0.25, 0.3) is 0 Å². The summed E-state index contributed by atoms with van der Waals surface area (Å²) in [5.41, 5.74) is 0.0792. The third-order valence-electron chi connectivity index (χ3n) is 4.73. The molecule has 0 aliphatic carbocycles. The molecule has 0 saturated carbocycles. The van der Waals surface area contributed by atoms with Crippen molar-refractivity contribution in [3.8, 4) is 5.75 Å². The number of sulfonamides is 1.